The van der Waals surface area contributed by atoms with E-state index in [1.54, 1.807) is 7.11 Å². The van der Waals surface area contributed by atoms with Crippen LogP contribution >= 0.6 is 0 Å². The normalized spacial score (nSPS) is 22.7. The fraction of sp³-hybridized carbons (Fsp3) is 0.591. The molecule has 3 N–H and O–H groups in total. The van der Waals surface area contributed by atoms with E-state index >= 15 is 0 Å². The van der Waals surface area contributed by atoms with Crippen molar-refractivity contribution in [3.05, 3.63) is 36.0 Å². The van der Waals surface area contributed by atoms with Crippen molar-refractivity contribution in [3.8, 4) is 0 Å². The molecule has 1 amide bonds. The predicted octanol–water partition coefficient (Wildman–Crippen LogP) is 2.49. The maximum absolute atomic E-state index is 12.8. The molecule has 2 atom stereocenters. The number of rotatable bonds is 9. The first kappa shape index (κ1) is 20.8. The average Bonchev–Trinajstić information content (AvgIpc) is 3.13. The molecular weight excluding hydrogens is 356 g/mol. The fourth-order valence-corrected chi connectivity index (χ4v) is 4.34. The van der Waals surface area contributed by atoms with Crippen LogP contribution in [0.1, 0.15) is 37.7 Å². The van der Waals surface area contributed by atoms with Gasteiger partial charge in [0.2, 0.25) is 5.91 Å². The van der Waals surface area contributed by atoms with E-state index in [0.717, 1.165) is 24.8 Å². The van der Waals surface area contributed by atoms with Gasteiger partial charge in [-0.1, -0.05) is 18.2 Å². The number of aliphatic hydroxyl groups is 2. The summed E-state index contributed by atoms with van der Waals surface area (Å²) in [7, 11) is 1.65. The Labute approximate surface area is 166 Å². The number of nitrogens with one attached hydrogen (secondary N) is 1. The first-order chi connectivity index (χ1) is 13.6. The molecule has 2 aromatic rings. The molecule has 1 aliphatic heterocycles. The largest absolute Gasteiger partial charge is 0.396 e. The topological polar surface area (TPSA) is 85.8 Å². The van der Waals surface area contributed by atoms with Crippen LogP contribution < -0.4 is 0 Å². The molecule has 0 spiro atoms. The molecule has 1 aromatic carbocycles. The number of methoxy groups -OCH3 is 1. The molecule has 0 radical (unpaired) electrons. The van der Waals surface area contributed by atoms with Crippen molar-refractivity contribution in [3.63, 3.8) is 0 Å². The molecule has 1 aromatic heterocycles. The van der Waals surface area contributed by atoms with E-state index in [4.69, 9.17) is 4.74 Å². The molecule has 3 rings (SSSR count). The molecule has 1 aliphatic rings. The second-order valence-corrected chi connectivity index (χ2v) is 7.95. The van der Waals surface area contributed by atoms with Gasteiger partial charge in [0, 0.05) is 55.7 Å². The molecule has 154 valence electrons. The Balaban J connectivity index is 1.54. The summed E-state index contributed by atoms with van der Waals surface area (Å²) in [6.45, 7) is 1.45. The summed E-state index contributed by atoms with van der Waals surface area (Å²) in [5.74, 6) is 0.108. The van der Waals surface area contributed by atoms with Crippen LogP contribution in [0.25, 0.3) is 10.9 Å². The number of carbonyl (C=O) groups excluding carboxylic acids is 1. The van der Waals surface area contributed by atoms with E-state index in [1.807, 2.05) is 23.2 Å². The van der Waals surface area contributed by atoms with Crippen molar-refractivity contribution < 1.29 is 19.7 Å². The van der Waals surface area contributed by atoms with Gasteiger partial charge in [0.05, 0.1) is 12.7 Å². The molecule has 6 nitrogen and oxygen atoms in total. The van der Waals surface area contributed by atoms with Gasteiger partial charge in [0.15, 0.2) is 0 Å². The van der Waals surface area contributed by atoms with Gasteiger partial charge in [-0.3, -0.25) is 4.79 Å². The van der Waals surface area contributed by atoms with E-state index in [2.05, 4.69) is 17.1 Å². The van der Waals surface area contributed by atoms with Gasteiger partial charge < -0.3 is 24.8 Å². The Kier molecular flexibility index (Phi) is 7.10. The van der Waals surface area contributed by atoms with Crippen LogP contribution in [0.15, 0.2) is 30.5 Å². The summed E-state index contributed by atoms with van der Waals surface area (Å²) in [5, 5.41) is 21.7. The standard InChI is InChI=1S/C22H32N2O4/c1-28-13-5-11-22(16-25)15-24(12-10-20(22)26)21(27)9-4-6-17-14-23-19-8-3-2-7-18(17)19/h2-3,7-8,14,20,23,25-26H,4-6,9-13,15-16H2,1H3/t20-,22+/m1/s1. The van der Waals surface area contributed by atoms with Crippen LogP contribution in [0, 0.1) is 5.41 Å². The monoisotopic (exact) mass is 388 g/mol. The number of hydrogen-bond acceptors (Lipinski definition) is 4. The number of benzene rings is 1. The zero-order valence-corrected chi connectivity index (χ0v) is 16.7. The Morgan fingerprint density at radius 2 is 2.18 bits per heavy atom. The molecule has 0 saturated carbocycles. The van der Waals surface area contributed by atoms with Crippen LogP contribution in [-0.4, -0.2) is 65.5 Å². The molecule has 0 bridgehead atoms. The van der Waals surface area contributed by atoms with E-state index in [0.29, 0.717) is 39.0 Å². The van der Waals surface area contributed by atoms with Crippen molar-refractivity contribution in [1.82, 2.24) is 9.88 Å². The number of para-hydroxylation sites is 1. The maximum atomic E-state index is 12.8. The quantitative estimate of drug-likeness (QED) is 0.576. The van der Waals surface area contributed by atoms with Crippen molar-refractivity contribution in [2.45, 2.75) is 44.6 Å². The third-order valence-corrected chi connectivity index (χ3v) is 6.09. The molecule has 0 aliphatic carbocycles. The summed E-state index contributed by atoms with van der Waals surface area (Å²) in [6.07, 6.45) is 5.50. The van der Waals surface area contributed by atoms with Crippen molar-refractivity contribution in [1.29, 1.82) is 0 Å². The maximum Gasteiger partial charge on any atom is 0.222 e. The van der Waals surface area contributed by atoms with Gasteiger partial charge in [-0.2, -0.15) is 0 Å². The van der Waals surface area contributed by atoms with Gasteiger partial charge in [0.25, 0.3) is 0 Å². The van der Waals surface area contributed by atoms with Crippen LogP contribution in [0.4, 0.5) is 0 Å². The highest BCUT2D eigenvalue weighted by molar-refractivity contribution is 5.83. The number of aromatic nitrogens is 1. The molecule has 1 saturated heterocycles. The first-order valence-electron chi connectivity index (χ1n) is 10.2. The number of nitrogens with zero attached hydrogens (tertiary/aromatic N) is 1. The molecule has 1 fully saturated rings. The van der Waals surface area contributed by atoms with Gasteiger partial charge in [-0.05, 0) is 43.7 Å². The molecule has 0 unspecified atom stereocenters. The second-order valence-electron chi connectivity index (χ2n) is 7.95. The number of aromatic amines is 1. The number of likely N-dealkylation sites (tertiary alicyclic amines) is 1. The van der Waals surface area contributed by atoms with Gasteiger partial charge >= 0.3 is 0 Å². The van der Waals surface area contributed by atoms with E-state index in [9.17, 15) is 15.0 Å². The summed E-state index contributed by atoms with van der Waals surface area (Å²) >= 11 is 0. The number of carbonyl (C=O) groups is 1. The number of hydrogen-bond donors (Lipinski definition) is 3. The zero-order valence-electron chi connectivity index (χ0n) is 16.7. The summed E-state index contributed by atoms with van der Waals surface area (Å²) in [4.78, 5) is 17.9. The summed E-state index contributed by atoms with van der Waals surface area (Å²) < 4.78 is 5.10. The minimum atomic E-state index is -0.636. The number of aliphatic hydroxyl groups excluding tert-OH is 2. The van der Waals surface area contributed by atoms with Crippen LogP contribution in [0.3, 0.4) is 0 Å². The van der Waals surface area contributed by atoms with Gasteiger partial charge in [0.1, 0.15) is 0 Å². The Hall–Kier alpha value is -1.89. The highest BCUT2D eigenvalue weighted by atomic mass is 16.5. The summed E-state index contributed by atoms with van der Waals surface area (Å²) in [5.41, 5.74) is 1.72. The lowest BCUT2D eigenvalue weighted by molar-refractivity contribution is -0.142. The second kappa shape index (κ2) is 9.54. The van der Waals surface area contributed by atoms with Crippen LogP contribution in [0.5, 0.6) is 0 Å². The fourth-order valence-electron chi connectivity index (χ4n) is 4.34. The zero-order chi connectivity index (χ0) is 20.0. The summed E-state index contributed by atoms with van der Waals surface area (Å²) in [6, 6.07) is 8.20. The third-order valence-electron chi connectivity index (χ3n) is 6.09. The van der Waals surface area contributed by atoms with Crippen molar-refractivity contribution in [2.75, 3.05) is 33.4 Å². The number of H-pyrrole nitrogens is 1. The van der Waals surface area contributed by atoms with Crippen LogP contribution in [0.2, 0.25) is 0 Å². The SMILES string of the molecule is COCCC[C@@]1(CO)CN(C(=O)CCCc2c[nH]c3ccccc23)CC[C@H]1O. The smallest absolute Gasteiger partial charge is 0.222 e. The third kappa shape index (κ3) is 4.57. The Bertz CT molecular complexity index is 775. The lowest BCUT2D eigenvalue weighted by atomic mass is 9.74. The average molecular weight is 389 g/mol. The van der Waals surface area contributed by atoms with Crippen molar-refractivity contribution >= 4 is 16.8 Å². The molecular formula is C22H32N2O4. The lowest BCUT2D eigenvalue weighted by Gasteiger charge is -2.45. The Morgan fingerprint density at radius 3 is 2.96 bits per heavy atom. The molecule has 6 heteroatoms. The highest BCUT2D eigenvalue weighted by Crippen LogP contribution is 2.35. The minimum absolute atomic E-state index is 0.108. The molecule has 28 heavy (non-hydrogen) atoms. The van der Waals surface area contributed by atoms with Gasteiger partial charge in [-0.15, -0.1) is 0 Å². The number of amides is 1. The number of piperidine rings is 1. The first-order valence-corrected chi connectivity index (χ1v) is 10.2. The predicted molar refractivity (Wildman–Crippen MR) is 109 cm³/mol. The minimum Gasteiger partial charge on any atom is -0.396 e. The highest BCUT2D eigenvalue weighted by Gasteiger charge is 2.43. The van der Waals surface area contributed by atoms with Crippen molar-refractivity contribution in [2.24, 2.45) is 5.41 Å². The molecule has 2 heterocycles. The van der Waals surface area contributed by atoms with E-state index in [1.165, 1.54) is 10.9 Å². The number of ether oxygens (including phenoxy) is 1. The van der Waals surface area contributed by atoms with E-state index < -0.39 is 11.5 Å². The lowest BCUT2D eigenvalue weighted by Crippen LogP contribution is -2.55. The van der Waals surface area contributed by atoms with E-state index in [-0.39, 0.29) is 12.5 Å². The number of aryl methyl sites for hydroxylation is 1. The van der Waals surface area contributed by atoms with Gasteiger partial charge in [-0.25, -0.2) is 0 Å². The van der Waals surface area contributed by atoms with Crippen LogP contribution in [-0.2, 0) is 16.0 Å². The number of fused-ring (bicyclic) bond motifs is 1. The Morgan fingerprint density at radius 1 is 1.36 bits per heavy atom.